The molecule has 84 valence electrons. The topological polar surface area (TPSA) is 83.1 Å². The first-order chi connectivity index (χ1) is 7.69. The second-order valence-electron chi connectivity index (χ2n) is 3.12. The van der Waals surface area contributed by atoms with Gasteiger partial charge in [-0.3, -0.25) is 10.1 Å². The normalized spacial score (nSPS) is 9.50. The van der Waals surface area contributed by atoms with Crippen LogP contribution >= 0.6 is 0 Å². The maximum Gasteiger partial charge on any atom is 0.287 e. The molecule has 0 atom stereocenters. The predicted molar refractivity (Wildman–Crippen MR) is 59.0 cm³/mol. The summed E-state index contributed by atoms with van der Waals surface area (Å²) in [5.74, 6) is 0.656. The van der Waals surface area contributed by atoms with Crippen LogP contribution in [0.5, 0.6) is 0 Å². The average Bonchev–Trinajstić information content (AvgIpc) is 2.30. The van der Waals surface area contributed by atoms with Gasteiger partial charge in [-0.2, -0.15) is 5.26 Å². The van der Waals surface area contributed by atoms with E-state index in [1.165, 1.54) is 12.3 Å². The number of nitrogens with zero attached hydrogens (tertiary/aromatic N) is 4. The Labute approximate surface area is 93.3 Å². The van der Waals surface area contributed by atoms with Gasteiger partial charge in [0.25, 0.3) is 5.69 Å². The van der Waals surface area contributed by atoms with Crippen LogP contribution < -0.4 is 4.90 Å². The van der Waals surface area contributed by atoms with Crippen LogP contribution in [0.4, 0.5) is 11.5 Å². The maximum atomic E-state index is 10.4. The van der Waals surface area contributed by atoms with Crippen molar-refractivity contribution in [1.29, 1.82) is 5.26 Å². The molecule has 0 aliphatic rings. The van der Waals surface area contributed by atoms with Crippen LogP contribution in [-0.2, 0) is 0 Å². The van der Waals surface area contributed by atoms with Gasteiger partial charge in [0.2, 0.25) is 0 Å². The molecule has 0 fully saturated rings. The fraction of sp³-hybridized carbons (Fsp3) is 0.400. The number of hydrogen-bond acceptors (Lipinski definition) is 5. The highest BCUT2D eigenvalue weighted by Gasteiger charge is 2.09. The van der Waals surface area contributed by atoms with E-state index in [2.05, 4.69) is 11.1 Å². The summed E-state index contributed by atoms with van der Waals surface area (Å²) in [6, 6.07) is 5.06. The van der Waals surface area contributed by atoms with Crippen LogP contribution in [0.2, 0.25) is 0 Å². The van der Waals surface area contributed by atoms with Crippen LogP contribution in [0.15, 0.2) is 18.3 Å². The Morgan fingerprint density at radius 3 is 2.81 bits per heavy atom. The molecule has 0 bridgehead atoms. The van der Waals surface area contributed by atoms with Crippen LogP contribution in [0, 0.1) is 21.4 Å². The molecule has 0 aliphatic carbocycles. The quantitative estimate of drug-likeness (QED) is 0.557. The smallest absolute Gasteiger partial charge is 0.287 e. The third-order valence-electron chi connectivity index (χ3n) is 2.14. The summed E-state index contributed by atoms with van der Waals surface area (Å²) in [5.41, 5.74) is -0.0277. The molecule has 0 spiro atoms. The minimum Gasteiger partial charge on any atom is -0.356 e. The standard InChI is InChI=1S/C10H12N4O2/c1-2-13(7-3-6-11)10-5-4-9(8-12-10)14(15)16/h4-5,8H,2-3,7H2,1H3. The second-order valence-corrected chi connectivity index (χ2v) is 3.12. The van der Waals surface area contributed by atoms with Crippen molar-refractivity contribution in [1.82, 2.24) is 4.98 Å². The molecule has 1 rings (SSSR count). The van der Waals surface area contributed by atoms with Gasteiger partial charge in [-0.05, 0) is 13.0 Å². The number of nitriles is 1. The molecule has 1 heterocycles. The molecule has 0 radical (unpaired) electrons. The zero-order valence-corrected chi connectivity index (χ0v) is 8.96. The third-order valence-corrected chi connectivity index (χ3v) is 2.14. The van der Waals surface area contributed by atoms with Gasteiger partial charge >= 0.3 is 0 Å². The lowest BCUT2D eigenvalue weighted by molar-refractivity contribution is -0.385. The Balaban J connectivity index is 2.78. The molecule has 6 heteroatoms. The molecule has 1 aromatic heterocycles. The monoisotopic (exact) mass is 220 g/mol. The number of nitro groups is 1. The fourth-order valence-electron chi connectivity index (χ4n) is 1.29. The van der Waals surface area contributed by atoms with E-state index in [4.69, 9.17) is 5.26 Å². The molecule has 0 amide bonds. The van der Waals surface area contributed by atoms with E-state index < -0.39 is 4.92 Å². The molecule has 0 unspecified atom stereocenters. The number of anilines is 1. The molecule has 0 N–H and O–H groups in total. The summed E-state index contributed by atoms with van der Waals surface area (Å²) in [6.45, 7) is 3.24. The minimum absolute atomic E-state index is 0.0277. The SMILES string of the molecule is CCN(CCC#N)c1ccc([N+](=O)[O-])cn1. The second kappa shape index (κ2) is 5.66. The van der Waals surface area contributed by atoms with Crippen molar-refractivity contribution in [3.8, 4) is 6.07 Å². The molecule has 0 saturated heterocycles. The van der Waals surface area contributed by atoms with Crippen LogP contribution in [0.1, 0.15) is 13.3 Å². The molecule has 0 aromatic carbocycles. The summed E-state index contributed by atoms with van der Waals surface area (Å²) in [7, 11) is 0. The van der Waals surface area contributed by atoms with Gasteiger partial charge in [0.05, 0.1) is 17.4 Å². The molecule has 16 heavy (non-hydrogen) atoms. The van der Waals surface area contributed by atoms with E-state index in [0.717, 1.165) is 0 Å². The van der Waals surface area contributed by atoms with Gasteiger partial charge in [0.1, 0.15) is 12.0 Å². The van der Waals surface area contributed by atoms with Crippen molar-refractivity contribution >= 4 is 11.5 Å². The summed E-state index contributed by atoms with van der Waals surface area (Å²) in [6.07, 6.45) is 1.64. The largest absolute Gasteiger partial charge is 0.356 e. The van der Waals surface area contributed by atoms with Crippen LogP contribution in [-0.4, -0.2) is 23.0 Å². The van der Waals surface area contributed by atoms with E-state index in [-0.39, 0.29) is 5.69 Å². The highest BCUT2D eigenvalue weighted by atomic mass is 16.6. The van der Waals surface area contributed by atoms with E-state index in [9.17, 15) is 10.1 Å². The molecular weight excluding hydrogens is 208 g/mol. The number of pyridine rings is 1. The molecule has 6 nitrogen and oxygen atoms in total. The van der Waals surface area contributed by atoms with Gasteiger partial charge in [0.15, 0.2) is 0 Å². The summed E-state index contributed by atoms with van der Waals surface area (Å²) in [5, 5.41) is 18.9. The van der Waals surface area contributed by atoms with E-state index in [1.54, 1.807) is 6.07 Å². The highest BCUT2D eigenvalue weighted by molar-refractivity contribution is 5.42. The summed E-state index contributed by atoms with van der Waals surface area (Å²) in [4.78, 5) is 15.8. The average molecular weight is 220 g/mol. The van der Waals surface area contributed by atoms with Crippen molar-refractivity contribution < 1.29 is 4.92 Å². The Hall–Kier alpha value is -2.16. The van der Waals surface area contributed by atoms with Crippen LogP contribution in [0.3, 0.4) is 0 Å². The Morgan fingerprint density at radius 2 is 2.38 bits per heavy atom. The molecule has 0 saturated carbocycles. The van der Waals surface area contributed by atoms with Gasteiger partial charge in [0, 0.05) is 19.2 Å². The van der Waals surface area contributed by atoms with Gasteiger partial charge in [-0.1, -0.05) is 0 Å². The van der Waals surface area contributed by atoms with E-state index >= 15 is 0 Å². The Morgan fingerprint density at radius 1 is 1.62 bits per heavy atom. The summed E-state index contributed by atoms with van der Waals surface area (Å²) < 4.78 is 0. The zero-order valence-electron chi connectivity index (χ0n) is 8.96. The van der Waals surface area contributed by atoms with Crippen molar-refractivity contribution in [2.24, 2.45) is 0 Å². The Kier molecular flexibility index (Phi) is 4.21. The third kappa shape index (κ3) is 2.92. The van der Waals surface area contributed by atoms with Crippen molar-refractivity contribution in [3.63, 3.8) is 0 Å². The van der Waals surface area contributed by atoms with Crippen LogP contribution in [0.25, 0.3) is 0 Å². The lowest BCUT2D eigenvalue weighted by Crippen LogP contribution is -2.24. The van der Waals surface area contributed by atoms with Gasteiger partial charge in [-0.15, -0.1) is 0 Å². The lowest BCUT2D eigenvalue weighted by Gasteiger charge is -2.19. The maximum absolute atomic E-state index is 10.4. The minimum atomic E-state index is -0.484. The molecular formula is C10H12N4O2. The molecule has 1 aromatic rings. The summed E-state index contributed by atoms with van der Waals surface area (Å²) >= 11 is 0. The van der Waals surface area contributed by atoms with Crippen molar-refractivity contribution in [2.45, 2.75) is 13.3 Å². The number of hydrogen-bond donors (Lipinski definition) is 0. The fourth-order valence-corrected chi connectivity index (χ4v) is 1.29. The van der Waals surface area contributed by atoms with Gasteiger partial charge in [-0.25, -0.2) is 4.98 Å². The first-order valence-electron chi connectivity index (χ1n) is 4.91. The first kappa shape index (κ1) is 11.9. The van der Waals surface area contributed by atoms with Crippen molar-refractivity contribution in [3.05, 3.63) is 28.4 Å². The predicted octanol–water partition coefficient (Wildman–Crippen LogP) is 1.73. The number of aromatic nitrogens is 1. The highest BCUT2D eigenvalue weighted by Crippen LogP contribution is 2.15. The van der Waals surface area contributed by atoms with Crippen molar-refractivity contribution in [2.75, 3.05) is 18.0 Å². The molecule has 0 aliphatic heterocycles. The lowest BCUT2D eigenvalue weighted by atomic mass is 10.3. The first-order valence-corrected chi connectivity index (χ1v) is 4.91. The van der Waals surface area contributed by atoms with E-state index in [0.29, 0.717) is 25.3 Å². The number of rotatable bonds is 5. The van der Waals surface area contributed by atoms with E-state index in [1.807, 2.05) is 11.8 Å². The Bertz CT molecular complexity index is 396. The van der Waals surface area contributed by atoms with Gasteiger partial charge < -0.3 is 4.90 Å². The zero-order chi connectivity index (χ0) is 12.0.